The molecular formula is C21H32IN5O2. The van der Waals surface area contributed by atoms with Gasteiger partial charge >= 0.3 is 0 Å². The lowest BCUT2D eigenvalue weighted by molar-refractivity contribution is -0.122. The molecule has 1 aliphatic heterocycles. The van der Waals surface area contributed by atoms with Gasteiger partial charge in [-0.1, -0.05) is 31.0 Å². The van der Waals surface area contributed by atoms with Crippen LogP contribution in [0.15, 0.2) is 29.3 Å². The molecule has 1 saturated carbocycles. The van der Waals surface area contributed by atoms with Gasteiger partial charge in [0.25, 0.3) is 0 Å². The Hall–Kier alpha value is -1.84. The van der Waals surface area contributed by atoms with Crippen molar-refractivity contribution in [1.82, 2.24) is 16.0 Å². The van der Waals surface area contributed by atoms with E-state index in [4.69, 9.17) is 0 Å². The molecule has 160 valence electrons. The Bertz CT molecular complexity index is 719. The van der Waals surface area contributed by atoms with Crippen LogP contribution in [0.1, 0.15) is 50.0 Å². The SMILES string of the molecule is CN=C(NCCNC(=O)CC1CCCC1)NCC1CC(=O)Nc2ccccc21.I. The third kappa shape index (κ3) is 7.17. The van der Waals surface area contributed by atoms with E-state index >= 15 is 0 Å². The predicted molar refractivity (Wildman–Crippen MR) is 127 cm³/mol. The summed E-state index contributed by atoms with van der Waals surface area (Å²) in [6.45, 7) is 1.80. The molecule has 1 unspecified atom stereocenters. The minimum atomic E-state index is 0. The zero-order valence-corrected chi connectivity index (χ0v) is 19.3. The fraction of sp³-hybridized carbons (Fsp3) is 0.571. The highest BCUT2D eigenvalue weighted by Gasteiger charge is 2.24. The smallest absolute Gasteiger partial charge is 0.225 e. The number of aliphatic imine (C=N–C) groups is 1. The maximum Gasteiger partial charge on any atom is 0.225 e. The summed E-state index contributed by atoms with van der Waals surface area (Å²) in [5.41, 5.74) is 2.03. The number of carbonyl (C=O) groups is 2. The number of nitrogens with zero attached hydrogens (tertiary/aromatic N) is 1. The van der Waals surface area contributed by atoms with Gasteiger partial charge in [0.15, 0.2) is 5.96 Å². The average Bonchev–Trinajstić information content (AvgIpc) is 3.20. The van der Waals surface area contributed by atoms with Crippen LogP contribution >= 0.6 is 24.0 Å². The summed E-state index contributed by atoms with van der Waals surface area (Å²) in [6, 6.07) is 7.90. The van der Waals surface area contributed by atoms with Gasteiger partial charge in [-0.3, -0.25) is 14.6 Å². The summed E-state index contributed by atoms with van der Waals surface area (Å²) < 4.78 is 0. The maximum atomic E-state index is 12.0. The number of halogens is 1. The molecule has 3 rings (SSSR count). The highest BCUT2D eigenvalue weighted by molar-refractivity contribution is 14.0. The van der Waals surface area contributed by atoms with Gasteiger partial charge in [0.1, 0.15) is 0 Å². The minimum Gasteiger partial charge on any atom is -0.356 e. The topological polar surface area (TPSA) is 94.6 Å². The molecule has 0 aromatic heterocycles. The third-order valence-corrected chi connectivity index (χ3v) is 5.53. The molecule has 1 aliphatic carbocycles. The summed E-state index contributed by atoms with van der Waals surface area (Å²) in [5, 5.41) is 12.4. The molecule has 29 heavy (non-hydrogen) atoms. The Kier molecular flexibility index (Phi) is 9.69. The summed E-state index contributed by atoms with van der Waals surface area (Å²) in [4.78, 5) is 28.1. The van der Waals surface area contributed by atoms with E-state index in [1.807, 2.05) is 18.2 Å². The van der Waals surface area contributed by atoms with Gasteiger partial charge in [-0.25, -0.2) is 0 Å². The number of fused-ring (bicyclic) bond motifs is 1. The average molecular weight is 513 g/mol. The molecule has 1 fully saturated rings. The number of amides is 2. The van der Waals surface area contributed by atoms with E-state index < -0.39 is 0 Å². The molecule has 1 atom stereocenters. The second-order valence-electron chi connectivity index (χ2n) is 7.62. The quantitative estimate of drug-likeness (QED) is 0.195. The first-order valence-corrected chi connectivity index (χ1v) is 10.3. The number of anilines is 1. The molecule has 0 spiro atoms. The lowest BCUT2D eigenvalue weighted by Crippen LogP contribution is -2.43. The van der Waals surface area contributed by atoms with Crippen LogP contribution in [0.5, 0.6) is 0 Å². The summed E-state index contributed by atoms with van der Waals surface area (Å²) in [6.07, 6.45) is 5.99. The number of carbonyl (C=O) groups excluding carboxylic acids is 2. The largest absolute Gasteiger partial charge is 0.356 e. The Morgan fingerprint density at radius 3 is 2.62 bits per heavy atom. The van der Waals surface area contributed by atoms with Crippen molar-refractivity contribution < 1.29 is 9.59 Å². The standard InChI is InChI=1S/C21H31N5O2.HI/c1-22-21(24-11-10-23-19(27)12-15-6-2-3-7-15)25-14-16-13-20(28)26-18-9-5-4-8-17(16)18;/h4-5,8-9,15-16H,2-3,6-7,10-14H2,1H3,(H,23,27)(H,26,28)(H2,22,24,25);1H. The van der Waals surface area contributed by atoms with Crippen LogP contribution in [0.3, 0.4) is 0 Å². The van der Waals surface area contributed by atoms with Crippen LogP contribution in [-0.2, 0) is 9.59 Å². The molecule has 4 N–H and O–H groups in total. The van der Waals surface area contributed by atoms with Crippen LogP contribution in [0.25, 0.3) is 0 Å². The number of guanidine groups is 1. The predicted octanol–water partition coefficient (Wildman–Crippen LogP) is 2.59. The number of nitrogens with one attached hydrogen (secondary N) is 4. The number of rotatable bonds is 7. The van der Waals surface area contributed by atoms with E-state index in [0.717, 1.165) is 11.3 Å². The van der Waals surface area contributed by atoms with E-state index in [9.17, 15) is 9.59 Å². The molecular weight excluding hydrogens is 481 g/mol. The Morgan fingerprint density at radius 2 is 1.86 bits per heavy atom. The van der Waals surface area contributed by atoms with Gasteiger partial charge in [0.2, 0.25) is 11.8 Å². The van der Waals surface area contributed by atoms with Crippen LogP contribution in [0.2, 0.25) is 0 Å². The second-order valence-corrected chi connectivity index (χ2v) is 7.62. The number of benzene rings is 1. The monoisotopic (exact) mass is 513 g/mol. The molecule has 7 nitrogen and oxygen atoms in total. The van der Waals surface area contributed by atoms with E-state index in [2.05, 4.69) is 32.3 Å². The van der Waals surface area contributed by atoms with Crippen molar-refractivity contribution in [2.75, 3.05) is 32.0 Å². The summed E-state index contributed by atoms with van der Waals surface area (Å²) in [5.74, 6) is 1.53. The van der Waals surface area contributed by atoms with Crippen molar-refractivity contribution in [3.8, 4) is 0 Å². The molecule has 2 amide bonds. The van der Waals surface area contributed by atoms with Crippen molar-refractivity contribution in [3.05, 3.63) is 29.8 Å². The molecule has 2 aliphatic rings. The van der Waals surface area contributed by atoms with Gasteiger partial charge < -0.3 is 21.3 Å². The lowest BCUT2D eigenvalue weighted by atomic mass is 9.90. The van der Waals surface area contributed by atoms with E-state index in [1.165, 1.54) is 25.7 Å². The lowest BCUT2D eigenvalue weighted by Gasteiger charge is -2.26. The van der Waals surface area contributed by atoms with Gasteiger partial charge in [-0.05, 0) is 30.4 Å². The van der Waals surface area contributed by atoms with Crippen molar-refractivity contribution in [2.24, 2.45) is 10.9 Å². The highest BCUT2D eigenvalue weighted by atomic mass is 127. The van der Waals surface area contributed by atoms with Gasteiger partial charge in [-0.2, -0.15) is 0 Å². The minimum absolute atomic E-state index is 0. The first-order valence-electron chi connectivity index (χ1n) is 10.3. The van der Waals surface area contributed by atoms with Crippen LogP contribution in [-0.4, -0.2) is 44.5 Å². The van der Waals surface area contributed by atoms with Gasteiger partial charge in [-0.15, -0.1) is 24.0 Å². The Balaban J connectivity index is 0.00000300. The fourth-order valence-electron chi connectivity index (χ4n) is 4.06. The van der Waals surface area contributed by atoms with E-state index in [-0.39, 0.29) is 41.7 Å². The summed E-state index contributed by atoms with van der Waals surface area (Å²) >= 11 is 0. The molecule has 0 radical (unpaired) electrons. The van der Waals surface area contributed by atoms with Gasteiger partial charge in [0, 0.05) is 51.1 Å². The first-order chi connectivity index (χ1) is 13.7. The normalized spacial score (nSPS) is 19.0. The molecule has 0 bridgehead atoms. The van der Waals surface area contributed by atoms with Crippen molar-refractivity contribution >= 4 is 47.4 Å². The number of hydrogen-bond donors (Lipinski definition) is 4. The zero-order valence-electron chi connectivity index (χ0n) is 17.0. The fourth-order valence-corrected chi connectivity index (χ4v) is 4.06. The maximum absolute atomic E-state index is 12.0. The van der Waals surface area contributed by atoms with Gasteiger partial charge in [0.05, 0.1) is 0 Å². The Labute approximate surface area is 189 Å². The van der Waals surface area contributed by atoms with E-state index in [1.54, 1.807) is 7.05 Å². The summed E-state index contributed by atoms with van der Waals surface area (Å²) in [7, 11) is 1.72. The first kappa shape index (κ1) is 23.4. The van der Waals surface area contributed by atoms with Crippen LogP contribution in [0, 0.1) is 5.92 Å². The zero-order chi connectivity index (χ0) is 19.8. The van der Waals surface area contributed by atoms with E-state index in [0.29, 0.717) is 44.4 Å². The molecule has 1 aromatic rings. The van der Waals surface area contributed by atoms with Crippen molar-refractivity contribution in [1.29, 1.82) is 0 Å². The second kappa shape index (κ2) is 12.0. The number of para-hydroxylation sites is 1. The molecule has 0 saturated heterocycles. The Morgan fingerprint density at radius 1 is 1.14 bits per heavy atom. The van der Waals surface area contributed by atoms with Crippen molar-refractivity contribution in [3.63, 3.8) is 0 Å². The molecule has 8 heteroatoms. The van der Waals surface area contributed by atoms with Crippen LogP contribution in [0.4, 0.5) is 5.69 Å². The molecule has 1 aromatic carbocycles. The molecule has 1 heterocycles. The third-order valence-electron chi connectivity index (χ3n) is 5.53. The van der Waals surface area contributed by atoms with Crippen LogP contribution < -0.4 is 21.3 Å². The highest BCUT2D eigenvalue weighted by Crippen LogP contribution is 2.31. The number of hydrogen-bond acceptors (Lipinski definition) is 3. The van der Waals surface area contributed by atoms with Crippen molar-refractivity contribution in [2.45, 2.75) is 44.4 Å².